The molecule has 0 nitrogen and oxygen atoms in total. The molecule has 1 aromatic rings. The maximum atomic E-state index is 13.8. The summed E-state index contributed by atoms with van der Waals surface area (Å²) in [7, 11) is 0. The maximum absolute atomic E-state index is 13.8. The van der Waals surface area contributed by atoms with Crippen molar-refractivity contribution in [3.63, 3.8) is 0 Å². The van der Waals surface area contributed by atoms with E-state index in [9.17, 15) is 48.3 Å². The largest absolute Gasteiger partial charge is 0.460 e. The second kappa shape index (κ2) is 5.89. The van der Waals surface area contributed by atoms with E-state index in [1.807, 2.05) is 0 Å². The van der Waals surface area contributed by atoms with Gasteiger partial charge in [-0.2, -0.15) is 48.3 Å². The van der Waals surface area contributed by atoms with Crippen LogP contribution in [0, 0.1) is 0 Å². The van der Waals surface area contributed by atoms with Gasteiger partial charge >= 0.3 is 29.9 Å². The number of rotatable bonds is 4. The van der Waals surface area contributed by atoms with E-state index in [0.717, 1.165) is 6.07 Å². The monoisotopic (exact) mass is 458 g/mol. The summed E-state index contributed by atoms with van der Waals surface area (Å²) in [4.78, 5) is 0. The summed E-state index contributed by atoms with van der Waals surface area (Å²) >= 11 is 7.52. The van der Waals surface area contributed by atoms with Crippen LogP contribution in [0.4, 0.5) is 48.3 Å². The molecule has 0 aromatic heterocycles. The fourth-order valence-corrected chi connectivity index (χ4v) is 2.15. The van der Waals surface area contributed by atoms with Crippen LogP contribution in [-0.2, 0) is 5.92 Å². The SMILES string of the molecule is FC(F)(F)C(F)(F)C(F)(F)C(F)(F)C(F)(F)c1cc(Cl)ccc1Br. The standard InChI is InChI=1S/C11H3BrClF11/c12-6-2-1-4(13)3-5(6)7(14,15)8(16,17)9(18,19)10(20,21)11(22,23)24/h1-3H. The van der Waals surface area contributed by atoms with Crippen molar-refractivity contribution in [3.05, 3.63) is 33.3 Å². The smallest absolute Gasteiger partial charge is 0.194 e. The van der Waals surface area contributed by atoms with Gasteiger partial charge in [0, 0.05) is 15.1 Å². The topological polar surface area (TPSA) is 0 Å². The molecule has 0 spiro atoms. The average molecular weight is 459 g/mol. The van der Waals surface area contributed by atoms with Crippen LogP contribution in [0.3, 0.4) is 0 Å². The molecular formula is C11H3BrClF11. The zero-order valence-corrected chi connectivity index (χ0v) is 13.0. The van der Waals surface area contributed by atoms with Gasteiger partial charge in [0.15, 0.2) is 0 Å². The summed E-state index contributed by atoms with van der Waals surface area (Å²) in [5.74, 6) is -28.1. The number of hydrogen-bond donors (Lipinski definition) is 0. The van der Waals surface area contributed by atoms with Crippen molar-refractivity contribution in [3.8, 4) is 0 Å². The summed E-state index contributed by atoms with van der Waals surface area (Å²) in [5.41, 5.74) is -1.99. The highest BCUT2D eigenvalue weighted by atomic mass is 79.9. The Labute approximate surface area is 139 Å². The molecule has 1 aromatic carbocycles. The van der Waals surface area contributed by atoms with Gasteiger partial charge in [0.25, 0.3) is 0 Å². The van der Waals surface area contributed by atoms with Gasteiger partial charge in [-0.1, -0.05) is 27.5 Å². The van der Waals surface area contributed by atoms with Crippen LogP contribution in [-0.4, -0.2) is 23.9 Å². The molecule has 0 unspecified atom stereocenters. The Bertz CT molecular complexity index is 623. The van der Waals surface area contributed by atoms with Crippen LogP contribution >= 0.6 is 27.5 Å². The molecule has 0 saturated heterocycles. The fourth-order valence-electron chi connectivity index (χ4n) is 1.48. The predicted molar refractivity (Wildman–Crippen MR) is 63.9 cm³/mol. The number of halogens is 13. The summed E-state index contributed by atoms with van der Waals surface area (Å²) in [6.07, 6.45) is -7.19. The van der Waals surface area contributed by atoms with Crippen molar-refractivity contribution in [1.29, 1.82) is 0 Å². The van der Waals surface area contributed by atoms with Gasteiger partial charge in [-0.25, -0.2) is 0 Å². The Balaban J connectivity index is 3.59. The number of benzene rings is 1. The van der Waals surface area contributed by atoms with E-state index in [2.05, 4.69) is 15.9 Å². The van der Waals surface area contributed by atoms with Crippen molar-refractivity contribution < 1.29 is 48.3 Å². The van der Waals surface area contributed by atoms with E-state index < -0.39 is 44.9 Å². The van der Waals surface area contributed by atoms with Crippen molar-refractivity contribution in [2.45, 2.75) is 29.9 Å². The van der Waals surface area contributed by atoms with Gasteiger partial charge in [-0.05, 0) is 18.2 Å². The average Bonchev–Trinajstić information content (AvgIpc) is 2.39. The van der Waals surface area contributed by atoms with Gasteiger partial charge in [0.2, 0.25) is 0 Å². The molecule has 0 aliphatic rings. The second-order valence-electron chi connectivity index (χ2n) is 4.42. The van der Waals surface area contributed by atoms with Crippen molar-refractivity contribution >= 4 is 27.5 Å². The molecule has 0 N–H and O–H groups in total. The summed E-state index contributed by atoms with van der Waals surface area (Å²) in [5, 5.41) is -0.672. The van der Waals surface area contributed by atoms with Crippen LogP contribution in [0.5, 0.6) is 0 Å². The first-order valence-corrected chi connectivity index (χ1v) is 6.62. The van der Waals surface area contributed by atoms with Gasteiger partial charge in [-0.15, -0.1) is 0 Å². The second-order valence-corrected chi connectivity index (χ2v) is 5.71. The molecule has 0 amide bonds. The quantitative estimate of drug-likeness (QED) is 0.442. The first-order chi connectivity index (χ1) is 10.4. The maximum Gasteiger partial charge on any atom is 0.460 e. The van der Waals surface area contributed by atoms with Crippen molar-refractivity contribution in [1.82, 2.24) is 0 Å². The minimum atomic E-state index is -7.45. The van der Waals surface area contributed by atoms with Gasteiger partial charge in [-0.3, -0.25) is 0 Å². The lowest BCUT2D eigenvalue weighted by Crippen LogP contribution is -2.65. The normalized spacial score (nSPS) is 14.9. The van der Waals surface area contributed by atoms with Crippen LogP contribution in [0.1, 0.15) is 5.56 Å². The zero-order chi connectivity index (χ0) is 19.4. The van der Waals surface area contributed by atoms with Crippen LogP contribution in [0.25, 0.3) is 0 Å². The fraction of sp³-hybridized carbons (Fsp3) is 0.455. The number of alkyl halides is 11. The first-order valence-electron chi connectivity index (χ1n) is 5.44. The third kappa shape index (κ3) is 2.95. The molecular weight excluding hydrogens is 456 g/mol. The predicted octanol–water partition coefficient (Wildman–Crippen LogP) is 6.66. The van der Waals surface area contributed by atoms with E-state index in [0.29, 0.717) is 6.07 Å². The van der Waals surface area contributed by atoms with E-state index >= 15 is 0 Å². The van der Waals surface area contributed by atoms with Crippen LogP contribution in [0.15, 0.2) is 22.7 Å². The Morgan fingerprint density at radius 2 is 1.17 bits per heavy atom. The Hall–Kier alpha value is -0.780. The molecule has 24 heavy (non-hydrogen) atoms. The molecule has 0 atom stereocenters. The van der Waals surface area contributed by atoms with Crippen LogP contribution < -0.4 is 0 Å². The van der Waals surface area contributed by atoms with Gasteiger partial charge in [0.05, 0.1) is 0 Å². The molecule has 0 bridgehead atoms. The van der Waals surface area contributed by atoms with E-state index in [-0.39, 0.29) is 6.07 Å². The molecule has 138 valence electrons. The first kappa shape index (κ1) is 21.3. The Kier molecular flexibility index (Phi) is 5.22. The summed E-state index contributed by atoms with van der Waals surface area (Å²) in [6.45, 7) is 0. The van der Waals surface area contributed by atoms with Gasteiger partial charge in [0.1, 0.15) is 0 Å². The zero-order valence-electron chi connectivity index (χ0n) is 10.6. The molecule has 1 rings (SSSR count). The van der Waals surface area contributed by atoms with E-state index in [1.54, 1.807) is 0 Å². The Morgan fingerprint density at radius 1 is 0.708 bits per heavy atom. The van der Waals surface area contributed by atoms with Crippen LogP contribution in [0.2, 0.25) is 5.02 Å². The Morgan fingerprint density at radius 3 is 1.58 bits per heavy atom. The molecule has 0 fully saturated rings. The van der Waals surface area contributed by atoms with Crippen molar-refractivity contribution in [2.24, 2.45) is 0 Å². The molecule has 0 heterocycles. The molecule has 13 heteroatoms. The minimum absolute atomic E-state index is 0.0291. The van der Waals surface area contributed by atoms with Crippen molar-refractivity contribution in [2.75, 3.05) is 0 Å². The lowest BCUT2D eigenvalue weighted by atomic mass is 9.93. The highest BCUT2D eigenvalue weighted by Crippen LogP contribution is 2.60. The third-order valence-corrected chi connectivity index (χ3v) is 3.73. The third-order valence-electron chi connectivity index (χ3n) is 2.81. The van der Waals surface area contributed by atoms with E-state index in [1.165, 1.54) is 0 Å². The summed E-state index contributed by atoms with van der Waals surface area (Å²) in [6, 6.07) is 1.48. The molecule has 0 aliphatic carbocycles. The highest BCUT2D eigenvalue weighted by Gasteiger charge is 2.87. The molecule has 0 saturated carbocycles. The minimum Gasteiger partial charge on any atom is -0.194 e. The number of hydrogen-bond acceptors (Lipinski definition) is 0. The molecule has 0 radical (unpaired) electrons. The van der Waals surface area contributed by atoms with E-state index in [4.69, 9.17) is 11.6 Å². The lowest BCUT2D eigenvalue weighted by molar-refractivity contribution is -0.424. The van der Waals surface area contributed by atoms with Gasteiger partial charge < -0.3 is 0 Å². The summed E-state index contributed by atoms with van der Waals surface area (Å²) < 4.78 is 141. The lowest BCUT2D eigenvalue weighted by Gasteiger charge is -2.37. The molecule has 0 aliphatic heterocycles. The highest BCUT2D eigenvalue weighted by molar-refractivity contribution is 9.10.